The molecule has 1 heterocycles. The van der Waals surface area contributed by atoms with Crippen LogP contribution >= 0.6 is 0 Å². The molecule has 1 aliphatic carbocycles. The fraction of sp³-hybridized carbons (Fsp3) is 0.129. The molecule has 310 valence electrons. The van der Waals surface area contributed by atoms with Crippen LogP contribution < -0.4 is 0 Å². The maximum absolute atomic E-state index is 4.83. The van der Waals surface area contributed by atoms with Crippen molar-refractivity contribution in [1.82, 2.24) is 4.57 Å². The maximum Gasteiger partial charge on any atom is 0.0701 e. The highest BCUT2D eigenvalue weighted by molar-refractivity contribution is 6.10. The molecule has 1 heteroatoms. The fourth-order valence-electron chi connectivity index (χ4n) is 9.46. The van der Waals surface area contributed by atoms with Crippen LogP contribution in [-0.2, 0) is 12.5 Å². The molecule has 0 spiro atoms. The lowest BCUT2D eigenvalue weighted by Gasteiger charge is -2.41. The number of fused-ring (bicyclic) bond motifs is 3. The highest BCUT2D eigenvalue weighted by Gasteiger charge is 2.42. The van der Waals surface area contributed by atoms with E-state index in [2.05, 4.69) is 252 Å². The van der Waals surface area contributed by atoms with Crippen molar-refractivity contribution >= 4 is 27.4 Å². The molecule has 0 radical (unpaired) electrons. The van der Waals surface area contributed by atoms with Crippen LogP contribution in [0.25, 0.3) is 49.6 Å². The van der Waals surface area contributed by atoms with Gasteiger partial charge in [0.2, 0.25) is 0 Å². The van der Waals surface area contributed by atoms with Crippen molar-refractivity contribution in [2.45, 2.75) is 46.0 Å². The normalized spacial score (nSPS) is 12.9. The van der Waals surface area contributed by atoms with Gasteiger partial charge in [-0.05, 0) is 119 Å². The molecule has 0 bridgehead atoms. The molecule has 1 aliphatic rings. The lowest BCUT2D eigenvalue weighted by Crippen LogP contribution is -2.32. The highest BCUT2D eigenvalue weighted by Crippen LogP contribution is 2.52. The van der Waals surface area contributed by atoms with Crippen LogP contribution in [0.4, 0.5) is 0 Å². The number of aryl methyl sites for hydroxylation is 5. The van der Waals surface area contributed by atoms with Gasteiger partial charge >= 0.3 is 0 Å². The van der Waals surface area contributed by atoms with Gasteiger partial charge in [-0.15, -0.1) is 0 Å². The van der Waals surface area contributed by atoms with Crippen molar-refractivity contribution < 1.29 is 0 Å². The zero-order chi connectivity index (χ0) is 43.8. The average Bonchev–Trinajstić information content (AvgIpc) is 3.63. The van der Waals surface area contributed by atoms with E-state index in [1.165, 1.54) is 88.6 Å². The molecule has 0 amide bonds. The summed E-state index contributed by atoms with van der Waals surface area (Å²) in [6, 6.07) is 71.0. The second-order valence-electron chi connectivity index (χ2n) is 16.7. The average molecular weight is 816 g/mol. The Morgan fingerprint density at radius 3 is 1.71 bits per heavy atom. The van der Waals surface area contributed by atoms with Gasteiger partial charge in [-0.1, -0.05) is 218 Å². The third-order valence-electron chi connectivity index (χ3n) is 12.7. The molecule has 8 aromatic carbocycles. The Labute approximate surface area is 375 Å². The standard InChI is InChI=1S/C35H31N.C14H14.C13H12/c1-25-31(23-24-33-34(25)30-21-13-14-22-32(30)36(33)3)35(28-17-9-5-10-18-28,29-19-11-6-12-20-29)26(2)27-15-7-4-8-16-27;1-11-7-3-5-9-13(11)14-10-6-4-8-12(14)2;1-11-6-5-9-13(10-11)12-7-3-2-4-8-12/h4-5,7-11,13-24H,2,6,12H2,1,3H3;3-10H,1-2H3;2-10H,1H3. The second kappa shape index (κ2) is 19.2. The summed E-state index contributed by atoms with van der Waals surface area (Å²) in [6.07, 6.45) is 9.19. The summed E-state index contributed by atoms with van der Waals surface area (Å²) in [4.78, 5) is 0. The van der Waals surface area contributed by atoms with Crippen molar-refractivity contribution in [3.8, 4) is 22.3 Å². The van der Waals surface area contributed by atoms with E-state index in [1.807, 2.05) is 6.07 Å². The monoisotopic (exact) mass is 815 g/mol. The van der Waals surface area contributed by atoms with Gasteiger partial charge in [-0.3, -0.25) is 0 Å². The summed E-state index contributed by atoms with van der Waals surface area (Å²) in [6.45, 7) is 13.6. The highest BCUT2D eigenvalue weighted by atomic mass is 14.9. The van der Waals surface area contributed by atoms with E-state index in [4.69, 9.17) is 6.58 Å². The second-order valence-corrected chi connectivity index (χ2v) is 16.7. The number of allylic oxidation sites excluding steroid dienone is 5. The zero-order valence-corrected chi connectivity index (χ0v) is 37.4. The minimum Gasteiger partial charge on any atom is -0.344 e. The van der Waals surface area contributed by atoms with E-state index in [0.717, 1.165) is 18.4 Å². The number of aromatic nitrogens is 1. The molecule has 0 aliphatic heterocycles. The van der Waals surface area contributed by atoms with Gasteiger partial charge in [0.25, 0.3) is 0 Å². The molecule has 1 atom stereocenters. The van der Waals surface area contributed by atoms with Crippen LogP contribution in [0, 0.1) is 27.7 Å². The topological polar surface area (TPSA) is 4.93 Å². The van der Waals surface area contributed by atoms with Gasteiger partial charge in [0.1, 0.15) is 0 Å². The quantitative estimate of drug-likeness (QED) is 0.151. The molecule has 9 aromatic rings. The summed E-state index contributed by atoms with van der Waals surface area (Å²) < 4.78 is 2.32. The lowest BCUT2D eigenvalue weighted by atomic mass is 9.61. The van der Waals surface area contributed by atoms with Crippen molar-refractivity contribution in [2.24, 2.45) is 7.05 Å². The third kappa shape index (κ3) is 8.66. The molecule has 1 unspecified atom stereocenters. The number of benzene rings is 8. The first-order valence-corrected chi connectivity index (χ1v) is 22.2. The van der Waals surface area contributed by atoms with Crippen molar-refractivity contribution in [1.29, 1.82) is 0 Å². The van der Waals surface area contributed by atoms with E-state index in [-0.39, 0.29) is 0 Å². The summed E-state index contributed by atoms with van der Waals surface area (Å²) in [5, 5.41) is 2.63. The summed E-state index contributed by atoms with van der Waals surface area (Å²) in [5.41, 5.74) is 18.7. The van der Waals surface area contributed by atoms with Crippen LogP contribution in [-0.4, -0.2) is 4.57 Å². The van der Waals surface area contributed by atoms with Gasteiger partial charge < -0.3 is 4.57 Å². The molecule has 0 N–H and O–H groups in total. The molecule has 0 saturated heterocycles. The molecule has 1 aromatic heterocycles. The maximum atomic E-state index is 4.83. The zero-order valence-electron chi connectivity index (χ0n) is 37.4. The van der Waals surface area contributed by atoms with Crippen molar-refractivity contribution in [3.63, 3.8) is 0 Å². The van der Waals surface area contributed by atoms with Crippen molar-refractivity contribution in [3.05, 3.63) is 270 Å². The first kappa shape index (κ1) is 42.5. The minimum absolute atomic E-state index is 0.505. The van der Waals surface area contributed by atoms with Gasteiger partial charge in [-0.2, -0.15) is 0 Å². The van der Waals surface area contributed by atoms with E-state index < -0.39 is 5.41 Å². The van der Waals surface area contributed by atoms with Crippen LogP contribution in [0.15, 0.2) is 231 Å². The van der Waals surface area contributed by atoms with E-state index in [9.17, 15) is 0 Å². The first-order valence-electron chi connectivity index (χ1n) is 22.2. The Bertz CT molecular complexity index is 3010. The van der Waals surface area contributed by atoms with Gasteiger partial charge in [-0.25, -0.2) is 0 Å². The number of hydrogen-bond acceptors (Lipinski definition) is 0. The van der Waals surface area contributed by atoms with Gasteiger partial charge in [0.15, 0.2) is 0 Å². The molecule has 63 heavy (non-hydrogen) atoms. The molecular weight excluding hydrogens is 759 g/mol. The Hall–Kier alpha value is -7.22. The minimum atomic E-state index is -0.505. The predicted octanol–water partition coefficient (Wildman–Crippen LogP) is 16.5. The van der Waals surface area contributed by atoms with Gasteiger partial charge in [0, 0.05) is 28.9 Å². The lowest BCUT2D eigenvalue weighted by molar-refractivity contribution is 0.777. The van der Waals surface area contributed by atoms with E-state index in [0.29, 0.717) is 0 Å². The number of nitrogens with zero attached hydrogens (tertiary/aromatic N) is 1. The molecule has 0 saturated carbocycles. The van der Waals surface area contributed by atoms with Crippen LogP contribution in [0.1, 0.15) is 51.8 Å². The molecule has 10 rings (SSSR count). The Morgan fingerprint density at radius 2 is 1.10 bits per heavy atom. The first-order chi connectivity index (χ1) is 30.8. The molecule has 1 nitrogen and oxygen atoms in total. The van der Waals surface area contributed by atoms with Gasteiger partial charge in [0.05, 0.1) is 5.41 Å². The van der Waals surface area contributed by atoms with E-state index >= 15 is 0 Å². The Kier molecular flexibility index (Phi) is 13.0. The summed E-state index contributed by atoms with van der Waals surface area (Å²) in [7, 11) is 2.17. The van der Waals surface area contributed by atoms with Crippen LogP contribution in [0.2, 0.25) is 0 Å². The fourth-order valence-corrected chi connectivity index (χ4v) is 9.46. The molecule has 0 fully saturated rings. The van der Waals surface area contributed by atoms with Crippen LogP contribution in [0.3, 0.4) is 0 Å². The predicted molar refractivity (Wildman–Crippen MR) is 272 cm³/mol. The number of hydrogen-bond donors (Lipinski definition) is 0. The summed E-state index contributed by atoms with van der Waals surface area (Å²) in [5.74, 6) is 0. The number of para-hydroxylation sites is 1. The largest absolute Gasteiger partial charge is 0.344 e. The van der Waals surface area contributed by atoms with Crippen LogP contribution in [0.5, 0.6) is 0 Å². The summed E-state index contributed by atoms with van der Waals surface area (Å²) >= 11 is 0. The third-order valence-corrected chi connectivity index (χ3v) is 12.7. The SMILES string of the molecule is C=C(c1ccccc1)C(C1=CCCC=C1)(c1ccccc1)c1ccc2c(c1C)c1ccccc1n2C.Cc1cccc(-c2ccccc2)c1.Cc1ccccc1-c1ccccc1C. The van der Waals surface area contributed by atoms with E-state index in [1.54, 1.807) is 0 Å². The Balaban J connectivity index is 0.000000164. The number of rotatable bonds is 7. The smallest absolute Gasteiger partial charge is 0.0701 e. The Morgan fingerprint density at radius 1 is 0.524 bits per heavy atom. The molecular formula is C62H57N. The van der Waals surface area contributed by atoms with Crippen molar-refractivity contribution in [2.75, 3.05) is 0 Å².